The van der Waals surface area contributed by atoms with Crippen LogP contribution in [0.4, 0.5) is 5.82 Å². The van der Waals surface area contributed by atoms with Gasteiger partial charge >= 0.3 is 0 Å². The summed E-state index contributed by atoms with van der Waals surface area (Å²) in [6.45, 7) is 0.668. The van der Waals surface area contributed by atoms with Crippen molar-refractivity contribution in [2.75, 3.05) is 5.32 Å². The molecule has 0 aliphatic carbocycles. The zero-order valence-corrected chi connectivity index (χ0v) is 18.6. The fraction of sp³-hybridized carbons (Fsp3) is 0.0357. The first-order valence-corrected chi connectivity index (χ1v) is 11.8. The Hall–Kier alpha value is -4.09. The van der Waals surface area contributed by atoms with E-state index in [2.05, 4.69) is 50.8 Å². The summed E-state index contributed by atoms with van der Waals surface area (Å²) in [5.41, 5.74) is 5.69. The first-order valence-electron chi connectivity index (χ1n) is 10.8. The van der Waals surface area contributed by atoms with E-state index in [1.807, 2.05) is 54.6 Å². The van der Waals surface area contributed by atoms with Gasteiger partial charge in [0.25, 0.3) is 0 Å². The van der Waals surface area contributed by atoms with Gasteiger partial charge in [-0.3, -0.25) is 4.40 Å². The summed E-state index contributed by atoms with van der Waals surface area (Å²) in [7, 11) is 0. The predicted octanol–water partition coefficient (Wildman–Crippen LogP) is 7.20. The molecule has 5 heteroatoms. The highest BCUT2D eigenvalue weighted by Gasteiger charge is 2.20. The average molecular weight is 448 g/mol. The third-order valence-electron chi connectivity index (χ3n) is 5.90. The summed E-state index contributed by atoms with van der Waals surface area (Å²) in [5.74, 6) is 1.16. The molecule has 4 nitrogen and oxygen atoms in total. The van der Waals surface area contributed by atoms with E-state index in [-0.39, 0.29) is 5.75 Å². The maximum Gasteiger partial charge on any atom is 0.139 e. The second kappa shape index (κ2) is 8.11. The number of nitrogens with zero attached hydrogens (tertiary/aromatic N) is 2. The van der Waals surface area contributed by atoms with Gasteiger partial charge in [0.2, 0.25) is 0 Å². The lowest BCUT2D eigenvalue weighted by molar-refractivity contribution is 0.478. The minimum Gasteiger partial charge on any atom is -0.507 e. The lowest BCUT2D eigenvalue weighted by Crippen LogP contribution is -2.05. The molecule has 0 saturated carbocycles. The molecule has 0 amide bonds. The fourth-order valence-corrected chi connectivity index (χ4v) is 5.00. The van der Waals surface area contributed by atoms with Crippen LogP contribution in [0.15, 0.2) is 102 Å². The van der Waals surface area contributed by atoms with Crippen LogP contribution in [0.1, 0.15) is 5.56 Å². The standard InChI is InChI=1S/C28H21N3OS/c32-24-14-13-20-9-4-5-10-22(20)26(24)23-11-6-12-25-30-27(21-15-16-33-18-21)28(31(23)25)29-17-19-7-2-1-3-8-19/h1-16,18,29,32H,17H2. The second-order valence-corrected chi connectivity index (χ2v) is 8.73. The SMILES string of the molecule is Oc1ccc2ccccc2c1-c1cccc2nc(-c3ccsc3)c(NCc3ccccc3)n12. The van der Waals surface area contributed by atoms with E-state index in [0.717, 1.165) is 44.8 Å². The number of hydrogen-bond donors (Lipinski definition) is 2. The van der Waals surface area contributed by atoms with Gasteiger partial charge in [0.1, 0.15) is 22.9 Å². The zero-order chi connectivity index (χ0) is 22.2. The number of pyridine rings is 1. The van der Waals surface area contributed by atoms with E-state index in [0.29, 0.717) is 6.54 Å². The number of hydrogen-bond acceptors (Lipinski definition) is 4. The van der Waals surface area contributed by atoms with E-state index < -0.39 is 0 Å². The van der Waals surface area contributed by atoms with Crippen LogP contribution >= 0.6 is 11.3 Å². The fourth-order valence-electron chi connectivity index (χ4n) is 4.36. The van der Waals surface area contributed by atoms with Crippen molar-refractivity contribution in [3.05, 3.63) is 107 Å². The first-order chi connectivity index (χ1) is 16.3. The number of benzene rings is 3. The smallest absolute Gasteiger partial charge is 0.139 e. The van der Waals surface area contributed by atoms with Crippen molar-refractivity contribution in [2.24, 2.45) is 0 Å². The molecule has 0 atom stereocenters. The van der Waals surface area contributed by atoms with Crippen molar-refractivity contribution >= 4 is 33.6 Å². The number of rotatable bonds is 5. The molecule has 0 saturated heterocycles. The van der Waals surface area contributed by atoms with E-state index in [1.54, 1.807) is 17.4 Å². The molecule has 33 heavy (non-hydrogen) atoms. The van der Waals surface area contributed by atoms with Gasteiger partial charge in [-0.05, 0) is 46.0 Å². The normalized spacial score (nSPS) is 11.3. The lowest BCUT2D eigenvalue weighted by atomic mass is 10.0. The molecule has 0 aliphatic rings. The summed E-state index contributed by atoms with van der Waals surface area (Å²) in [6, 6.07) is 30.3. The van der Waals surface area contributed by atoms with Crippen molar-refractivity contribution < 1.29 is 5.11 Å². The topological polar surface area (TPSA) is 49.6 Å². The van der Waals surface area contributed by atoms with Gasteiger partial charge in [0.05, 0.1) is 5.69 Å². The number of aromatic nitrogens is 2. The molecule has 0 unspecified atom stereocenters. The van der Waals surface area contributed by atoms with Crippen LogP contribution in [0.3, 0.4) is 0 Å². The van der Waals surface area contributed by atoms with E-state index >= 15 is 0 Å². The number of nitrogens with one attached hydrogen (secondary N) is 1. The van der Waals surface area contributed by atoms with Crippen LogP contribution in [0.2, 0.25) is 0 Å². The van der Waals surface area contributed by atoms with Crippen LogP contribution in [0, 0.1) is 0 Å². The Morgan fingerprint density at radius 1 is 0.848 bits per heavy atom. The van der Waals surface area contributed by atoms with Gasteiger partial charge in [-0.15, -0.1) is 0 Å². The minimum absolute atomic E-state index is 0.251. The van der Waals surface area contributed by atoms with E-state index in [9.17, 15) is 5.11 Å². The van der Waals surface area contributed by atoms with Crippen molar-refractivity contribution in [3.8, 4) is 28.3 Å². The third-order valence-corrected chi connectivity index (χ3v) is 6.59. The average Bonchev–Trinajstić information content (AvgIpc) is 3.51. The maximum absolute atomic E-state index is 11.0. The molecule has 6 aromatic rings. The molecule has 3 aromatic carbocycles. The molecule has 160 valence electrons. The molecule has 6 rings (SSSR count). The van der Waals surface area contributed by atoms with Gasteiger partial charge < -0.3 is 10.4 Å². The summed E-state index contributed by atoms with van der Waals surface area (Å²) >= 11 is 1.66. The van der Waals surface area contributed by atoms with Crippen molar-refractivity contribution in [2.45, 2.75) is 6.54 Å². The minimum atomic E-state index is 0.251. The number of thiophene rings is 1. The predicted molar refractivity (Wildman–Crippen MR) is 137 cm³/mol. The van der Waals surface area contributed by atoms with Gasteiger partial charge in [0, 0.05) is 23.1 Å². The summed E-state index contributed by atoms with van der Waals surface area (Å²) in [6.07, 6.45) is 0. The lowest BCUT2D eigenvalue weighted by Gasteiger charge is -2.15. The van der Waals surface area contributed by atoms with Crippen molar-refractivity contribution in [1.29, 1.82) is 0 Å². The number of fused-ring (bicyclic) bond motifs is 2. The molecule has 3 aromatic heterocycles. The second-order valence-electron chi connectivity index (χ2n) is 7.95. The van der Waals surface area contributed by atoms with Gasteiger partial charge in [-0.1, -0.05) is 66.7 Å². The Balaban J connectivity index is 1.61. The highest BCUT2D eigenvalue weighted by molar-refractivity contribution is 7.08. The number of aromatic hydroxyl groups is 1. The highest BCUT2D eigenvalue weighted by Crippen LogP contribution is 2.40. The third kappa shape index (κ3) is 3.43. The molecular weight excluding hydrogens is 426 g/mol. The molecule has 0 aliphatic heterocycles. The highest BCUT2D eigenvalue weighted by atomic mass is 32.1. The quantitative estimate of drug-likeness (QED) is 0.294. The number of phenols is 1. The Morgan fingerprint density at radius 2 is 1.70 bits per heavy atom. The zero-order valence-electron chi connectivity index (χ0n) is 17.8. The van der Waals surface area contributed by atoms with Gasteiger partial charge in [0.15, 0.2) is 0 Å². The number of anilines is 1. The molecule has 0 bridgehead atoms. The Morgan fingerprint density at radius 3 is 2.55 bits per heavy atom. The van der Waals surface area contributed by atoms with Gasteiger partial charge in [-0.2, -0.15) is 11.3 Å². The molecular formula is C28H21N3OS. The number of phenolic OH excluding ortho intramolecular Hbond substituents is 1. The Kier molecular flexibility index (Phi) is 4.82. The first kappa shape index (κ1) is 19.6. The molecule has 0 spiro atoms. The van der Waals surface area contributed by atoms with Crippen molar-refractivity contribution in [3.63, 3.8) is 0 Å². The number of imidazole rings is 1. The summed E-state index contributed by atoms with van der Waals surface area (Å²) in [5, 5.41) is 20.9. The van der Waals surface area contributed by atoms with Crippen LogP contribution in [-0.4, -0.2) is 14.5 Å². The van der Waals surface area contributed by atoms with Crippen LogP contribution < -0.4 is 5.32 Å². The van der Waals surface area contributed by atoms with Crippen LogP contribution in [0.25, 0.3) is 38.9 Å². The molecule has 0 fully saturated rings. The van der Waals surface area contributed by atoms with Gasteiger partial charge in [-0.25, -0.2) is 4.98 Å². The largest absolute Gasteiger partial charge is 0.507 e. The monoisotopic (exact) mass is 447 g/mol. The molecule has 2 N–H and O–H groups in total. The maximum atomic E-state index is 11.0. The summed E-state index contributed by atoms with van der Waals surface area (Å²) in [4.78, 5) is 4.99. The summed E-state index contributed by atoms with van der Waals surface area (Å²) < 4.78 is 2.12. The van der Waals surface area contributed by atoms with Crippen LogP contribution in [0.5, 0.6) is 5.75 Å². The van der Waals surface area contributed by atoms with E-state index in [4.69, 9.17) is 4.98 Å². The Bertz CT molecular complexity index is 1570. The van der Waals surface area contributed by atoms with Crippen LogP contribution in [-0.2, 0) is 6.54 Å². The molecule has 0 radical (unpaired) electrons. The van der Waals surface area contributed by atoms with E-state index in [1.165, 1.54) is 5.56 Å². The molecule has 3 heterocycles. The van der Waals surface area contributed by atoms with Crippen molar-refractivity contribution in [1.82, 2.24) is 9.38 Å². The Labute approximate surface area is 195 Å².